The molecule has 0 atom stereocenters. The Labute approximate surface area is 141 Å². The highest BCUT2D eigenvalue weighted by atomic mass is 35.5. The van der Waals surface area contributed by atoms with Gasteiger partial charge in [0.1, 0.15) is 11.0 Å². The molecule has 2 aromatic rings. The van der Waals surface area contributed by atoms with Crippen molar-refractivity contribution in [1.82, 2.24) is 14.9 Å². The standard InChI is InChI=1S/C17H21ClN4O/c1-22(2)14-5-3-11(4-6-14)17(23)21-16-8-12-7-15(18)19-9-13(12)10-20-16/h7-11,14H,3-6H2,1-2H3,(H,20,21,23). The number of hydrogen-bond acceptors (Lipinski definition) is 4. The van der Waals surface area contributed by atoms with Crippen molar-refractivity contribution < 1.29 is 4.79 Å². The lowest BCUT2D eigenvalue weighted by Gasteiger charge is -2.31. The average Bonchev–Trinajstić information content (AvgIpc) is 2.54. The van der Waals surface area contributed by atoms with Crippen LogP contribution in [0.2, 0.25) is 5.15 Å². The Balaban J connectivity index is 1.66. The van der Waals surface area contributed by atoms with E-state index in [1.807, 2.05) is 6.07 Å². The fraction of sp³-hybridized carbons (Fsp3) is 0.471. The Morgan fingerprint density at radius 1 is 1.13 bits per heavy atom. The second-order valence-electron chi connectivity index (χ2n) is 6.38. The molecule has 0 aromatic carbocycles. The summed E-state index contributed by atoms with van der Waals surface area (Å²) in [6, 6.07) is 4.20. The topological polar surface area (TPSA) is 58.1 Å². The summed E-state index contributed by atoms with van der Waals surface area (Å²) >= 11 is 5.91. The van der Waals surface area contributed by atoms with E-state index in [9.17, 15) is 4.79 Å². The molecule has 1 fully saturated rings. The normalized spacial score (nSPS) is 21.6. The Morgan fingerprint density at radius 3 is 2.52 bits per heavy atom. The third-order valence-corrected chi connectivity index (χ3v) is 4.83. The summed E-state index contributed by atoms with van der Waals surface area (Å²) in [5.74, 6) is 0.707. The molecule has 2 heterocycles. The Hall–Kier alpha value is -1.72. The van der Waals surface area contributed by atoms with Crippen LogP contribution in [-0.4, -0.2) is 40.9 Å². The first-order chi connectivity index (χ1) is 11.0. The molecular weight excluding hydrogens is 312 g/mol. The average molecular weight is 333 g/mol. The van der Waals surface area contributed by atoms with E-state index in [0.29, 0.717) is 17.0 Å². The van der Waals surface area contributed by atoms with Crippen LogP contribution in [0.1, 0.15) is 25.7 Å². The molecule has 5 nitrogen and oxygen atoms in total. The van der Waals surface area contributed by atoms with Gasteiger partial charge in [-0.05, 0) is 57.3 Å². The molecule has 1 aliphatic carbocycles. The smallest absolute Gasteiger partial charge is 0.228 e. The van der Waals surface area contributed by atoms with Gasteiger partial charge in [-0.15, -0.1) is 0 Å². The maximum absolute atomic E-state index is 12.4. The third-order valence-electron chi connectivity index (χ3n) is 4.62. The molecule has 2 aromatic heterocycles. The van der Waals surface area contributed by atoms with Crippen molar-refractivity contribution in [1.29, 1.82) is 0 Å². The summed E-state index contributed by atoms with van der Waals surface area (Å²) in [7, 11) is 4.20. The van der Waals surface area contributed by atoms with E-state index in [-0.39, 0.29) is 11.8 Å². The minimum atomic E-state index is 0.0641. The van der Waals surface area contributed by atoms with Gasteiger partial charge in [-0.2, -0.15) is 0 Å². The van der Waals surface area contributed by atoms with Crippen LogP contribution in [0.25, 0.3) is 10.8 Å². The van der Waals surface area contributed by atoms with Gasteiger partial charge in [0.25, 0.3) is 0 Å². The van der Waals surface area contributed by atoms with Gasteiger partial charge in [0.2, 0.25) is 5.91 Å². The van der Waals surface area contributed by atoms with Gasteiger partial charge in [-0.25, -0.2) is 9.97 Å². The maximum Gasteiger partial charge on any atom is 0.228 e. The summed E-state index contributed by atoms with van der Waals surface area (Å²) in [4.78, 5) is 23.0. The fourth-order valence-electron chi connectivity index (χ4n) is 3.16. The highest BCUT2D eigenvalue weighted by Gasteiger charge is 2.27. The Bertz CT molecular complexity index is 711. The van der Waals surface area contributed by atoms with E-state index in [1.54, 1.807) is 18.5 Å². The van der Waals surface area contributed by atoms with Crippen molar-refractivity contribution >= 4 is 34.1 Å². The molecule has 1 aliphatic rings. The predicted molar refractivity (Wildman–Crippen MR) is 92.6 cm³/mol. The van der Waals surface area contributed by atoms with Crippen molar-refractivity contribution in [2.24, 2.45) is 5.92 Å². The number of aromatic nitrogens is 2. The molecule has 1 saturated carbocycles. The number of fused-ring (bicyclic) bond motifs is 1. The number of anilines is 1. The molecule has 0 bridgehead atoms. The molecule has 0 spiro atoms. The second kappa shape index (κ2) is 6.81. The molecule has 0 unspecified atom stereocenters. The van der Waals surface area contributed by atoms with Crippen LogP contribution in [0.5, 0.6) is 0 Å². The van der Waals surface area contributed by atoms with Crippen LogP contribution in [0.3, 0.4) is 0 Å². The Kier molecular flexibility index (Phi) is 4.78. The zero-order chi connectivity index (χ0) is 16.4. The molecular formula is C17H21ClN4O. The van der Waals surface area contributed by atoms with Gasteiger partial charge >= 0.3 is 0 Å². The van der Waals surface area contributed by atoms with Crippen LogP contribution in [0, 0.1) is 5.92 Å². The van der Waals surface area contributed by atoms with Crippen LogP contribution in [0.15, 0.2) is 24.5 Å². The highest BCUT2D eigenvalue weighted by molar-refractivity contribution is 6.30. The van der Waals surface area contributed by atoms with E-state index in [4.69, 9.17) is 11.6 Å². The number of rotatable bonds is 3. The van der Waals surface area contributed by atoms with Gasteiger partial charge in [-0.3, -0.25) is 4.79 Å². The summed E-state index contributed by atoms with van der Waals surface area (Å²) in [5.41, 5.74) is 0. The third kappa shape index (κ3) is 3.79. The van der Waals surface area contributed by atoms with Gasteiger partial charge in [0, 0.05) is 29.7 Å². The first-order valence-corrected chi connectivity index (χ1v) is 8.29. The quantitative estimate of drug-likeness (QED) is 0.876. The SMILES string of the molecule is CN(C)C1CCC(C(=O)Nc2cc3cc(Cl)ncc3cn2)CC1. The van der Waals surface area contributed by atoms with Crippen molar-refractivity contribution in [3.8, 4) is 0 Å². The number of pyridine rings is 2. The molecule has 23 heavy (non-hydrogen) atoms. The molecule has 1 amide bonds. The van der Waals surface area contributed by atoms with Crippen molar-refractivity contribution in [3.05, 3.63) is 29.7 Å². The predicted octanol–water partition coefficient (Wildman–Crippen LogP) is 3.34. The fourth-order valence-corrected chi connectivity index (χ4v) is 3.33. The zero-order valence-electron chi connectivity index (χ0n) is 13.4. The summed E-state index contributed by atoms with van der Waals surface area (Å²) < 4.78 is 0. The van der Waals surface area contributed by atoms with E-state index >= 15 is 0 Å². The van der Waals surface area contributed by atoms with Crippen LogP contribution in [-0.2, 0) is 4.79 Å². The monoisotopic (exact) mass is 332 g/mol. The number of nitrogens with zero attached hydrogens (tertiary/aromatic N) is 3. The highest BCUT2D eigenvalue weighted by Crippen LogP contribution is 2.28. The number of hydrogen-bond donors (Lipinski definition) is 1. The van der Waals surface area contributed by atoms with Crippen LogP contribution >= 0.6 is 11.6 Å². The van der Waals surface area contributed by atoms with Gasteiger partial charge < -0.3 is 10.2 Å². The lowest BCUT2D eigenvalue weighted by atomic mass is 9.85. The summed E-state index contributed by atoms with van der Waals surface area (Å²) in [5, 5.41) is 5.20. The Morgan fingerprint density at radius 2 is 1.83 bits per heavy atom. The van der Waals surface area contributed by atoms with E-state index in [0.717, 1.165) is 36.5 Å². The molecule has 0 saturated heterocycles. The number of halogens is 1. The van der Waals surface area contributed by atoms with Gasteiger partial charge in [-0.1, -0.05) is 11.6 Å². The van der Waals surface area contributed by atoms with Crippen LogP contribution < -0.4 is 5.32 Å². The van der Waals surface area contributed by atoms with Crippen LogP contribution in [0.4, 0.5) is 5.82 Å². The minimum Gasteiger partial charge on any atom is -0.310 e. The van der Waals surface area contributed by atoms with Crippen molar-refractivity contribution in [3.63, 3.8) is 0 Å². The van der Waals surface area contributed by atoms with Crippen molar-refractivity contribution in [2.45, 2.75) is 31.7 Å². The molecule has 0 aliphatic heterocycles. The van der Waals surface area contributed by atoms with Crippen molar-refractivity contribution in [2.75, 3.05) is 19.4 Å². The number of amides is 1. The molecule has 0 radical (unpaired) electrons. The molecule has 3 rings (SSSR count). The number of nitrogens with one attached hydrogen (secondary N) is 1. The van der Waals surface area contributed by atoms with E-state index in [2.05, 4.69) is 34.3 Å². The largest absolute Gasteiger partial charge is 0.310 e. The number of carbonyl (C=O) groups is 1. The summed E-state index contributed by atoms with van der Waals surface area (Å²) in [6.45, 7) is 0. The first-order valence-electron chi connectivity index (χ1n) is 7.91. The van der Waals surface area contributed by atoms with E-state index in [1.165, 1.54) is 0 Å². The minimum absolute atomic E-state index is 0.0641. The first kappa shape index (κ1) is 16.1. The zero-order valence-corrected chi connectivity index (χ0v) is 14.2. The van der Waals surface area contributed by atoms with E-state index < -0.39 is 0 Å². The lowest BCUT2D eigenvalue weighted by Crippen LogP contribution is -2.35. The van der Waals surface area contributed by atoms with Gasteiger partial charge in [0.05, 0.1) is 0 Å². The molecule has 122 valence electrons. The summed E-state index contributed by atoms with van der Waals surface area (Å²) in [6.07, 6.45) is 7.38. The maximum atomic E-state index is 12.4. The van der Waals surface area contributed by atoms with Gasteiger partial charge in [0.15, 0.2) is 0 Å². The number of carbonyl (C=O) groups excluding carboxylic acids is 1. The second-order valence-corrected chi connectivity index (χ2v) is 6.77. The lowest BCUT2D eigenvalue weighted by molar-refractivity contribution is -0.121. The molecule has 6 heteroatoms. The molecule has 1 N–H and O–H groups in total.